The van der Waals surface area contributed by atoms with Crippen LogP contribution >= 0.6 is 0 Å². The summed E-state index contributed by atoms with van der Waals surface area (Å²) < 4.78 is 12.7. The maximum absolute atomic E-state index is 12.7. The summed E-state index contributed by atoms with van der Waals surface area (Å²) in [6.07, 6.45) is -0.593. The van der Waals surface area contributed by atoms with Crippen molar-refractivity contribution in [1.82, 2.24) is 0 Å². The Balaban J connectivity index is 3.08. The van der Waals surface area contributed by atoms with Crippen LogP contribution in [0, 0.1) is 12.7 Å². The molecule has 1 atom stereocenters. The molecule has 0 fully saturated rings. The van der Waals surface area contributed by atoms with E-state index in [0.29, 0.717) is 5.56 Å². The first-order valence-electron chi connectivity index (χ1n) is 3.55. The number of benzene rings is 1. The van der Waals surface area contributed by atoms with E-state index >= 15 is 0 Å². The highest BCUT2D eigenvalue weighted by atomic mass is 19.1. The Bertz CT molecular complexity index is 235. The molecule has 1 aromatic rings. The highest BCUT2D eigenvalue weighted by Gasteiger charge is 2.02. The highest BCUT2D eigenvalue weighted by Crippen LogP contribution is 2.15. The molecule has 0 bridgehead atoms. The molecule has 0 saturated heterocycles. The van der Waals surface area contributed by atoms with Crippen molar-refractivity contribution in [3.63, 3.8) is 0 Å². The smallest absolute Gasteiger partial charge is 0.123 e. The van der Waals surface area contributed by atoms with Crippen LogP contribution in [-0.2, 0) is 0 Å². The third-order valence-electron chi connectivity index (χ3n) is 1.55. The molecule has 1 unspecified atom stereocenters. The molecule has 0 heterocycles. The lowest BCUT2D eigenvalue weighted by Crippen LogP contribution is -1.92. The van der Waals surface area contributed by atoms with Gasteiger partial charge in [0, 0.05) is 0 Å². The largest absolute Gasteiger partial charge is 0.389 e. The molecule has 60 valence electrons. The van der Waals surface area contributed by atoms with E-state index in [1.165, 1.54) is 12.1 Å². The Hall–Kier alpha value is -0.890. The van der Waals surface area contributed by atoms with Crippen LogP contribution < -0.4 is 0 Å². The first-order chi connectivity index (χ1) is 5.09. The van der Waals surface area contributed by atoms with E-state index < -0.39 is 6.10 Å². The summed E-state index contributed by atoms with van der Waals surface area (Å²) >= 11 is 0. The van der Waals surface area contributed by atoms with Gasteiger partial charge in [-0.05, 0) is 37.1 Å². The fourth-order valence-corrected chi connectivity index (χ4v) is 1.01. The van der Waals surface area contributed by atoms with Crippen LogP contribution in [0.2, 0.25) is 0 Å². The zero-order valence-electron chi connectivity index (χ0n) is 6.63. The topological polar surface area (TPSA) is 20.2 Å². The Kier molecular flexibility index (Phi) is 2.25. The Morgan fingerprint density at radius 2 is 2.00 bits per heavy atom. The van der Waals surface area contributed by atoms with Crippen LogP contribution in [0.1, 0.15) is 24.2 Å². The van der Waals surface area contributed by atoms with E-state index in [1.807, 2.05) is 0 Å². The molecule has 0 saturated carbocycles. The van der Waals surface area contributed by atoms with E-state index in [-0.39, 0.29) is 5.82 Å². The normalized spacial score (nSPS) is 13.1. The van der Waals surface area contributed by atoms with Gasteiger partial charge in [-0.15, -0.1) is 0 Å². The third kappa shape index (κ3) is 2.02. The van der Waals surface area contributed by atoms with E-state index in [9.17, 15) is 4.39 Å². The van der Waals surface area contributed by atoms with Crippen LogP contribution in [0.5, 0.6) is 0 Å². The van der Waals surface area contributed by atoms with E-state index in [2.05, 4.69) is 0 Å². The summed E-state index contributed by atoms with van der Waals surface area (Å²) in [6.45, 7) is 3.42. The SMILES string of the molecule is Cc1cc(F)cc(C(C)O)c1. The maximum Gasteiger partial charge on any atom is 0.123 e. The van der Waals surface area contributed by atoms with Crippen LogP contribution in [0.15, 0.2) is 18.2 Å². The molecule has 0 aliphatic rings. The lowest BCUT2D eigenvalue weighted by atomic mass is 10.1. The Morgan fingerprint density at radius 1 is 1.36 bits per heavy atom. The minimum Gasteiger partial charge on any atom is -0.389 e. The van der Waals surface area contributed by atoms with Crippen LogP contribution in [0.25, 0.3) is 0 Å². The summed E-state index contributed by atoms with van der Waals surface area (Å²) in [5, 5.41) is 9.11. The Morgan fingerprint density at radius 3 is 2.45 bits per heavy atom. The van der Waals surface area contributed by atoms with Crippen molar-refractivity contribution in [3.8, 4) is 0 Å². The first-order valence-corrected chi connectivity index (χ1v) is 3.55. The number of hydrogen-bond acceptors (Lipinski definition) is 1. The van der Waals surface area contributed by atoms with Gasteiger partial charge in [0.05, 0.1) is 6.10 Å². The maximum atomic E-state index is 12.7. The molecule has 0 amide bonds. The second kappa shape index (κ2) is 3.01. The van der Waals surface area contributed by atoms with Gasteiger partial charge < -0.3 is 5.11 Å². The average Bonchev–Trinajstić information content (AvgIpc) is 1.85. The fourth-order valence-electron chi connectivity index (χ4n) is 1.01. The van der Waals surface area contributed by atoms with Crippen molar-refractivity contribution < 1.29 is 9.50 Å². The molecule has 1 nitrogen and oxygen atoms in total. The van der Waals surface area contributed by atoms with Crippen LogP contribution in [0.4, 0.5) is 4.39 Å². The lowest BCUT2D eigenvalue weighted by Gasteiger charge is -2.05. The molecule has 0 aromatic heterocycles. The predicted molar refractivity (Wildman–Crippen MR) is 41.8 cm³/mol. The molecular formula is C9H11FO. The van der Waals surface area contributed by atoms with E-state index in [4.69, 9.17) is 5.11 Å². The van der Waals surface area contributed by atoms with Crippen molar-refractivity contribution in [2.75, 3.05) is 0 Å². The fraction of sp³-hybridized carbons (Fsp3) is 0.333. The lowest BCUT2D eigenvalue weighted by molar-refractivity contribution is 0.198. The molecule has 0 radical (unpaired) electrons. The number of aliphatic hydroxyl groups excluding tert-OH is 1. The quantitative estimate of drug-likeness (QED) is 0.657. The van der Waals surface area contributed by atoms with Gasteiger partial charge in [-0.1, -0.05) is 6.07 Å². The third-order valence-corrected chi connectivity index (χ3v) is 1.55. The standard InChI is InChI=1S/C9H11FO/c1-6-3-8(7(2)11)5-9(10)4-6/h3-5,7,11H,1-2H3. The molecule has 11 heavy (non-hydrogen) atoms. The van der Waals surface area contributed by atoms with Gasteiger partial charge in [-0.3, -0.25) is 0 Å². The monoisotopic (exact) mass is 154 g/mol. The summed E-state index contributed by atoms with van der Waals surface area (Å²) in [5.41, 5.74) is 1.46. The number of hydrogen-bond donors (Lipinski definition) is 1. The molecular weight excluding hydrogens is 143 g/mol. The minimum atomic E-state index is -0.593. The molecule has 0 spiro atoms. The molecule has 1 N–H and O–H groups in total. The summed E-state index contributed by atoms with van der Waals surface area (Å²) in [7, 11) is 0. The number of halogens is 1. The minimum absolute atomic E-state index is 0.291. The van der Waals surface area contributed by atoms with Gasteiger partial charge in [0.2, 0.25) is 0 Å². The molecule has 1 rings (SSSR count). The summed E-state index contributed by atoms with van der Waals surface area (Å²) in [6, 6.07) is 4.55. The zero-order valence-corrected chi connectivity index (χ0v) is 6.63. The molecule has 1 aromatic carbocycles. The van der Waals surface area contributed by atoms with Crippen molar-refractivity contribution >= 4 is 0 Å². The molecule has 2 heteroatoms. The van der Waals surface area contributed by atoms with Crippen molar-refractivity contribution in [1.29, 1.82) is 0 Å². The highest BCUT2D eigenvalue weighted by molar-refractivity contribution is 5.24. The van der Waals surface area contributed by atoms with E-state index in [0.717, 1.165) is 5.56 Å². The zero-order chi connectivity index (χ0) is 8.43. The molecule has 0 aliphatic carbocycles. The number of rotatable bonds is 1. The predicted octanol–water partition coefficient (Wildman–Crippen LogP) is 2.19. The van der Waals surface area contributed by atoms with Crippen LogP contribution in [0.3, 0.4) is 0 Å². The van der Waals surface area contributed by atoms with Crippen molar-refractivity contribution in [3.05, 3.63) is 35.1 Å². The average molecular weight is 154 g/mol. The summed E-state index contributed by atoms with van der Waals surface area (Å²) in [4.78, 5) is 0. The number of aryl methyl sites for hydroxylation is 1. The van der Waals surface area contributed by atoms with Gasteiger partial charge in [-0.25, -0.2) is 4.39 Å². The van der Waals surface area contributed by atoms with Crippen molar-refractivity contribution in [2.24, 2.45) is 0 Å². The van der Waals surface area contributed by atoms with Gasteiger partial charge in [-0.2, -0.15) is 0 Å². The second-order valence-corrected chi connectivity index (χ2v) is 2.74. The van der Waals surface area contributed by atoms with Gasteiger partial charge in [0.1, 0.15) is 5.82 Å². The summed E-state index contributed by atoms with van der Waals surface area (Å²) in [5.74, 6) is -0.291. The van der Waals surface area contributed by atoms with Crippen LogP contribution in [-0.4, -0.2) is 5.11 Å². The number of aliphatic hydroxyl groups is 1. The van der Waals surface area contributed by atoms with Gasteiger partial charge >= 0.3 is 0 Å². The van der Waals surface area contributed by atoms with Gasteiger partial charge in [0.25, 0.3) is 0 Å². The van der Waals surface area contributed by atoms with Gasteiger partial charge in [0.15, 0.2) is 0 Å². The Labute approximate surface area is 65.5 Å². The second-order valence-electron chi connectivity index (χ2n) is 2.74. The molecule has 0 aliphatic heterocycles. The van der Waals surface area contributed by atoms with E-state index in [1.54, 1.807) is 19.9 Å². The van der Waals surface area contributed by atoms with Crippen molar-refractivity contribution in [2.45, 2.75) is 20.0 Å². The first kappa shape index (κ1) is 8.21.